The van der Waals surface area contributed by atoms with Gasteiger partial charge < -0.3 is 20.5 Å². The Labute approximate surface area is 204 Å². The number of carbonyl (C=O) groups excluding carboxylic acids is 2. The minimum absolute atomic E-state index is 0.0866. The minimum Gasteiger partial charge on any atom is -0.480 e. The van der Waals surface area contributed by atoms with Crippen molar-refractivity contribution in [3.63, 3.8) is 0 Å². The summed E-state index contributed by atoms with van der Waals surface area (Å²) in [4.78, 5) is 37.3. The highest BCUT2D eigenvalue weighted by Gasteiger charge is 2.36. The molecular formula is C26H32N2O5S. The number of thioether (sulfide) groups is 1. The molecule has 3 rings (SSSR count). The van der Waals surface area contributed by atoms with Gasteiger partial charge >= 0.3 is 12.1 Å². The highest BCUT2D eigenvalue weighted by Crippen LogP contribution is 2.44. The van der Waals surface area contributed by atoms with Crippen molar-refractivity contribution in [3.8, 4) is 11.1 Å². The summed E-state index contributed by atoms with van der Waals surface area (Å²) < 4.78 is 5.57. The number of nitrogens with one attached hydrogen (secondary N) is 2. The monoisotopic (exact) mass is 484 g/mol. The molecule has 0 saturated carbocycles. The standard InChI is InChI=1S/C26H32N2O5S/c1-4-14-26(2,24(30)31)28-23(29)22(13-15-34-3)27-25(32)33-16-21-19-11-7-5-9-17(19)18-10-6-8-12-20(18)21/h5-12,21-22H,4,13-16H2,1-3H3,(H,27,32)(H,28,29)(H,30,31). The van der Waals surface area contributed by atoms with Crippen LogP contribution in [0.2, 0.25) is 0 Å². The summed E-state index contributed by atoms with van der Waals surface area (Å²) in [7, 11) is 0. The van der Waals surface area contributed by atoms with Gasteiger partial charge in [-0.15, -0.1) is 0 Å². The Morgan fingerprint density at radius 1 is 1.09 bits per heavy atom. The zero-order valence-electron chi connectivity index (χ0n) is 19.8. The SMILES string of the molecule is CCCC(C)(NC(=O)C(CCSC)NC(=O)OCC1c2ccccc2-c2ccccc21)C(=O)O. The highest BCUT2D eigenvalue weighted by atomic mass is 32.2. The predicted octanol–water partition coefficient (Wildman–Crippen LogP) is 4.41. The molecule has 34 heavy (non-hydrogen) atoms. The molecule has 2 unspecified atom stereocenters. The maximum absolute atomic E-state index is 12.9. The molecule has 182 valence electrons. The van der Waals surface area contributed by atoms with Crippen LogP contribution >= 0.6 is 11.8 Å². The molecule has 0 bridgehead atoms. The lowest BCUT2D eigenvalue weighted by Gasteiger charge is -2.28. The van der Waals surface area contributed by atoms with Gasteiger partial charge in [0.1, 0.15) is 18.2 Å². The zero-order chi connectivity index (χ0) is 24.7. The maximum atomic E-state index is 12.9. The maximum Gasteiger partial charge on any atom is 0.407 e. The van der Waals surface area contributed by atoms with Gasteiger partial charge in [0.25, 0.3) is 0 Å². The minimum atomic E-state index is -1.40. The third-order valence-corrected chi connectivity index (χ3v) is 6.83. The Bertz CT molecular complexity index is 998. The van der Waals surface area contributed by atoms with E-state index in [1.165, 1.54) is 18.7 Å². The topological polar surface area (TPSA) is 105 Å². The summed E-state index contributed by atoms with van der Waals surface area (Å²) in [5.74, 6) is -1.09. The molecule has 0 aliphatic heterocycles. The second kappa shape index (κ2) is 11.4. The molecule has 2 amide bonds. The number of benzene rings is 2. The van der Waals surface area contributed by atoms with Crippen LogP contribution in [0, 0.1) is 0 Å². The Morgan fingerprint density at radius 3 is 2.21 bits per heavy atom. The Hall–Kier alpha value is -3.00. The fourth-order valence-corrected chi connectivity index (χ4v) is 4.84. The quantitative estimate of drug-likeness (QED) is 0.437. The number of alkyl carbamates (subject to hydrolysis) is 1. The van der Waals surface area contributed by atoms with E-state index in [0.717, 1.165) is 22.3 Å². The number of hydrogen-bond acceptors (Lipinski definition) is 5. The van der Waals surface area contributed by atoms with E-state index < -0.39 is 29.6 Å². The Balaban J connectivity index is 1.67. The number of ether oxygens (including phenoxy) is 1. The van der Waals surface area contributed by atoms with E-state index in [4.69, 9.17) is 4.74 Å². The van der Waals surface area contributed by atoms with Crippen molar-refractivity contribution < 1.29 is 24.2 Å². The van der Waals surface area contributed by atoms with Gasteiger partial charge in [-0.3, -0.25) is 4.79 Å². The summed E-state index contributed by atoms with van der Waals surface area (Å²) in [6, 6.07) is 15.2. The van der Waals surface area contributed by atoms with Crippen molar-refractivity contribution in [2.75, 3.05) is 18.6 Å². The second-order valence-electron chi connectivity index (χ2n) is 8.68. The molecule has 0 spiro atoms. The molecule has 0 saturated heterocycles. The zero-order valence-corrected chi connectivity index (χ0v) is 20.6. The highest BCUT2D eigenvalue weighted by molar-refractivity contribution is 7.98. The van der Waals surface area contributed by atoms with E-state index in [9.17, 15) is 19.5 Å². The van der Waals surface area contributed by atoms with Gasteiger partial charge in [-0.1, -0.05) is 61.9 Å². The first-order valence-corrected chi connectivity index (χ1v) is 12.9. The van der Waals surface area contributed by atoms with E-state index in [1.807, 2.05) is 49.6 Å². The number of amides is 2. The van der Waals surface area contributed by atoms with Gasteiger partial charge in [0.2, 0.25) is 5.91 Å². The Kier molecular flexibility index (Phi) is 8.61. The van der Waals surface area contributed by atoms with Crippen molar-refractivity contribution in [2.24, 2.45) is 0 Å². The molecule has 7 nitrogen and oxygen atoms in total. The molecule has 8 heteroatoms. The van der Waals surface area contributed by atoms with Gasteiger partial charge in [0.15, 0.2) is 0 Å². The third kappa shape index (κ3) is 5.73. The lowest BCUT2D eigenvalue weighted by Crippen LogP contribution is -2.58. The van der Waals surface area contributed by atoms with Gasteiger partial charge in [-0.05, 0) is 54.0 Å². The van der Waals surface area contributed by atoms with Crippen LogP contribution in [0.4, 0.5) is 4.79 Å². The van der Waals surface area contributed by atoms with E-state index in [1.54, 1.807) is 0 Å². The predicted molar refractivity (Wildman–Crippen MR) is 134 cm³/mol. The van der Waals surface area contributed by atoms with E-state index in [0.29, 0.717) is 18.6 Å². The average Bonchev–Trinajstić information content (AvgIpc) is 3.14. The summed E-state index contributed by atoms with van der Waals surface area (Å²) in [5, 5.41) is 14.8. The van der Waals surface area contributed by atoms with Crippen molar-refractivity contribution >= 4 is 29.7 Å². The van der Waals surface area contributed by atoms with Crippen LogP contribution in [0.15, 0.2) is 48.5 Å². The molecular weight excluding hydrogens is 452 g/mol. The second-order valence-corrected chi connectivity index (χ2v) is 9.67. The van der Waals surface area contributed by atoms with Crippen LogP contribution in [-0.2, 0) is 14.3 Å². The summed E-state index contributed by atoms with van der Waals surface area (Å²) in [6.07, 6.45) is 2.45. The molecule has 0 radical (unpaired) electrons. The number of carboxylic acids is 1. The van der Waals surface area contributed by atoms with Gasteiger partial charge in [0.05, 0.1) is 0 Å². The van der Waals surface area contributed by atoms with E-state index in [2.05, 4.69) is 22.8 Å². The molecule has 2 aromatic carbocycles. The molecule has 2 atom stereocenters. The third-order valence-electron chi connectivity index (χ3n) is 6.18. The van der Waals surface area contributed by atoms with Crippen LogP contribution in [0.5, 0.6) is 0 Å². The van der Waals surface area contributed by atoms with E-state index in [-0.39, 0.29) is 18.9 Å². The van der Waals surface area contributed by atoms with Crippen LogP contribution in [0.3, 0.4) is 0 Å². The Morgan fingerprint density at radius 2 is 1.68 bits per heavy atom. The summed E-state index contributed by atoms with van der Waals surface area (Å²) in [5.41, 5.74) is 3.07. The first kappa shape index (κ1) is 25.6. The van der Waals surface area contributed by atoms with Crippen molar-refractivity contribution in [1.82, 2.24) is 10.6 Å². The van der Waals surface area contributed by atoms with E-state index >= 15 is 0 Å². The fourth-order valence-electron chi connectivity index (χ4n) is 4.37. The lowest BCUT2D eigenvalue weighted by atomic mass is 9.95. The van der Waals surface area contributed by atoms with Crippen LogP contribution < -0.4 is 10.6 Å². The number of hydrogen-bond donors (Lipinski definition) is 3. The largest absolute Gasteiger partial charge is 0.480 e. The average molecular weight is 485 g/mol. The first-order chi connectivity index (χ1) is 16.3. The van der Waals surface area contributed by atoms with Gasteiger partial charge in [-0.25, -0.2) is 9.59 Å². The summed E-state index contributed by atoms with van der Waals surface area (Å²) in [6.45, 7) is 3.47. The molecule has 1 aliphatic rings. The van der Waals surface area contributed by atoms with Crippen molar-refractivity contribution in [3.05, 3.63) is 59.7 Å². The van der Waals surface area contributed by atoms with Crippen LogP contribution in [0.1, 0.15) is 50.2 Å². The number of aliphatic carboxylic acids is 1. The first-order valence-electron chi connectivity index (χ1n) is 11.5. The molecule has 0 aromatic heterocycles. The molecule has 0 heterocycles. The normalized spacial score (nSPS) is 14.9. The number of carboxylic acid groups (broad SMARTS) is 1. The number of rotatable bonds is 11. The van der Waals surface area contributed by atoms with Crippen LogP contribution in [0.25, 0.3) is 11.1 Å². The van der Waals surface area contributed by atoms with Crippen molar-refractivity contribution in [2.45, 2.75) is 50.6 Å². The molecule has 1 aliphatic carbocycles. The molecule has 2 aromatic rings. The number of fused-ring (bicyclic) bond motifs is 3. The molecule has 0 fully saturated rings. The number of carbonyl (C=O) groups is 3. The lowest BCUT2D eigenvalue weighted by molar-refractivity contribution is -0.147. The molecule has 3 N–H and O–H groups in total. The van der Waals surface area contributed by atoms with Crippen molar-refractivity contribution in [1.29, 1.82) is 0 Å². The fraction of sp³-hybridized carbons (Fsp3) is 0.423. The summed E-state index contributed by atoms with van der Waals surface area (Å²) >= 11 is 1.54. The van der Waals surface area contributed by atoms with Gasteiger partial charge in [-0.2, -0.15) is 11.8 Å². The van der Waals surface area contributed by atoms with Gasteiger partial charge in [0, 0.05) is 5.92 Å². The van der Waals surface area contributed by atoms with Crippen LogP contribution in [-0.4, -0.2) is 53.3 Å². The smallest absolute Gasteiger partial charge is 0.407 e.